The predicted octanol–water partition coefficient (Wildman–Crippen LogP) is 3.76. The summed E-state index contributed by atoms with van der Waals surface area (Å²) in [5.74, 6) is -0.412. The number of nitrogens with zero attached hydrogens (tertiary/aromatic N) is 2. The lowest BCUT2D eigenvalue weighted by Crippen LogP contribution is -2.25. The van der Waals surface area contributed by atoms with Crippen molar-refractivity contribution in [3.05, 3.63) is 81.8 Å². The first kappa shape index (κ1) is 16.3. The summed E-state index contributed by atoms with van der Waals surface area (Å²) < 4.78 is 12.9. The van der Waals surface area contributed by atoms with Gasteiger partial charge in [-0.3, -0.25) is 9.78 Å². The Morgan fingerprint density at radius 3 is 2.62 bits per heavy atom. The topological polar surface area (TPSA) is 54.9 Å². The third-order valence-electron chi connectivity index (χ3n) is 3.60. The Morgan fingerprint density at radius 2 is 1.92 bits per heavy atom. The number of aromatic nitrogens is 2. The third-order valence-corrected chi connectivity index (χ3v) is 4.60. The Kier molecular flexibility index (Phi) is 4.96. The second-order valence-corrected chi connectivity index (χ2v) is 6.51. The molecule has 3 rings (SSSR count). The minimum absolute atomic E-state index is 0.108. The molecular weight excluding hydrogens is 325 g/mol. The standard InChI is InChI=1S/C18H16FN3OS/c1-12(14-6-8-20-9-7-14)22-18(23)16-11-21-17(24-16)10-13-2-4-15(19)5-3-13/h2-9,11-12H,10H2,1H3,(H,22,23). The smallest absolute Gasteiger partial charge is 0.263 e. The van der Waals surface area contributed by atoms with Crippen molar-refractivity contribution in [1.29, 1.82) is 0 Å². The SMILES string of the molecule is CC(NC(=O)c1cnc(Cc2ccc(F)cc2)s1)c1ccncc1. The van der Waals surface area contributed by atoms with Gasteiger partial charge in [-0.15, -0.1) is 11.3 Å². The van der Waals surface area contributed by atoms with Crippen molar-refractivity contribution >= 4 is 17.2 Å². The highest BCUT2D eigenvalue weighted by Gasteiger charge is 2.14. The molecule has 24 heavy (non-hydrogen) atoms. The molecule has 1 N–H and O–H groups in total. The first-order valence-corrected chi connectivity index (χ1v) is 8.33. The van der Waals surface area contributed by atoms with Gasteiger partial charge in [-0.25, -0.2) is 9.37 Å². The van der Waals surface area contributed by atoms with Crippen LogP contribution < -0.4 is 5.32 Å². The molecule has 0 radical (unpaired) electrons. The Hall–Kier alpha value is -2.60. The molecule has 0 aliphatic carbocycles. The van der Waals surface area contributed by atoms with Crippen molar-refractivity contribution in [3.63, 3.8) is 0 Å². The third kappa shape index (κ3) is 4.02. The second kappa shape index (κ2) is 7.31. The fourth-order valence-corrected chi connectivity index (χ4v) is 3.13. The quantitative estimate of drug-likeness (QED) is 0.769. The zero-order valence-corrected chi connectivity index (χ0v) is 13.9. The van der Waals surface area contributed by atoms with Crippen LogP contribution in [0.4, 0.5) is 4.39 Å². The largest absolute Gasteiger partial charge is 0.345 e. The molecule has 0 fully saturated rings. The van der Waals surface area contributed by atoms with Gasteiger partial charge >= 0.3 is 0 Å². The molecular formula is C18H16FN3OS. The van der Waals surface area contributed by atoms with Crippen molar-refractivity contribution in [2.75, 3.05) is 0 Å². The summed E-state index contributed by atoms with van der Waals surface area (Å²) in [4.78, 5) is 21.2. The average Bonchev–Trinajstić information content (AvgIpc) is 3.06. The molecule has 6 heteroatoms. The number of nitrogens with one attached hydrogen (secondary N) is 1. The number of rotatable bonds is 5. The molecule has 0 aliphatic heterocycles. The normalized spacial score (nSPS) is 11.9. The molecule has 0 saturated heterocycles. The number of hydrogen-bond acceptors (Lipinski definition) is 4. The van der Waals surface area contributed by atoms with Crippen LogP contribution in [0.15, 0.2) is 55.0 Å². The molecule has 1 aromatic carbocycles. The summed E-state index contributed by atoms with van der Waals surface area (Å²) in [6.07, 6.45) is 5.56. The maximum atomic E-state index is 12.9. The molecule has 2 aromatic heterocycles. The second-order valence-electron chi connectivity index (χ2n) is 5.40. The molecule has 3 aromatic rings. The van der Waals surface area contributed by atoms with Gasteiger partial charge in [0.25, 0.3) is 5.91 Å². The first-order chi connectivity index (χ1) is 11.6. The number of halogens is 1. The number of amides is 1. The van der Waals surface area contributed by atoms with E-state index in [2.05, 4.69) is 15.3 Å². The highest BCUT2D eigenvalue weighted by atomic mass is 32.1. The Bertz CT molecular complexity index is 818. The van der Waals surface area contributed by atoms with E-state index in [0.717, 1.165) is 16.1 Å². The summed E-state index contributed by atoms with van der Waals surface area (Å²) in [7, 11) is 0. The number of carbonyl (C=O) groups is 1. The van der Waals surface area contributed by atoms with Gasteiger partial charge in [-0.1, -0.05) is 12.1 Å². The van der Waals surface area contributed by atoms with E-state index >= 15 is 0 Å². The summed E-state index contributed by atoms with van der Waals surface area (Å²) in [6, 6.07) is 9.93. The van der Waals surface area contributed by atoms with Gasteiger partial charge < -0.3 is 5.32 Å². The van der Waals surface area contributed by atoms with Gasteiger partial charge in [0, 0.05) is 18.8 Å². The van der Waals surface area contributed by atoms with Gasteiger partial charge in [0.2, 0.25) is 0 Å². The fraction of sp³-hybridized carbons (Fsp3) is 0.167. The number of thiazole rings is 1. The van der Waals surface area contributed by atoms with Crippen LogP contribution in [0, 0.1) is 5.82 Å². The molecule has 4 nitrogen and oxygen atoms in total. The van der Waals surface area contributed by atoms with E-state index in [-0.39, 0.29) is 17.8 Å². The lowest BCUT2D eigenvalue weighted by molar-refractivity contribution is 0.0944. The van der Waals surface area contributed by atoms with Crippen LogP contribution in [0.5, 0.6) is 0 Å². The van der Waals surface area contributed by atoms with Crippen molar-refractivity contribution in [2.24, 2.45) is 0 Å². The van der Waals surface area contributed by atoms with Crippen molar-refractivity contribution in [3.8, 4) is 0 Å². The molecule has 1 amide bonds. The van der Waals surface area contributed by atoms with Gasteiger partial charge in [-0.2, -0.15) is 0 Å². The molecule has 0 aliphatic rings. The van der Waals surface area contributed by atoms with Crippen LogP contribution in [-0.4, -0.2) is 15.9 Å². The number of pyridine rings is 1. The van der Waals surface area contributed by atoms with Crippen LogP contribution in [-0.2, 0) is 6.42 Å². The van der Waals surface area contributed by atoms with Crippen molar-refractivity contribution < 1.29 is 9.18 Å². The monoisotopic (exact) mass is 341 g/mol. The van der Waals surface area contributed by atoms with E-state index in [1.54, 1.807) is 30.7 Å². The minimum atomic E-state index is -0.261. The maximum Gasteiger partial charge on any atom is 0.263 e. The van der Waals surface area contributed by atoms with Crippen LogP contribution in [0.3, 0.4) is 0 Å². The van der Waals surface area contributed by atoms with Crippen LogP contribution in [0.2, 0.25) is 0 Å². The first-order valence-electron chi connectivity index (χ1n) is 7.52. The van der Waals surface area contributed by atoms with Gasteiger partial charge in [0.15, 0.2) is 0 Å². The number of carbonyl (C=O) groups excluding carboxylic acids is 1. The summed E-state index contributed by atoms with van der Waals surface area (Å²) in [6.45, 7) is 1.92. The highest BCUT2D eigenvalue weighted by molar-refractivity contribution is 7.13. The van der Waals surface area contributed by atoms with E-state index in [9.17, 15) is 9.18 Å². The van der Waals surface area contributed by atoms with Gasteiger partial charge in [-0.05, 0) is 42.3 Å². The zero-order chi connectivity index (χ0) is 16.9. The van der Waals surface area contributed by atoms with Crippen molar-refractivity contribution in [2.45, 2.75) is 19.4 Å². The summed E-state index contributed by atoms with van der Waals surface area (Å²) in [5, 5.41) is 3.77. The lowest BCUT2D eigenvalue weighted by atomic mass is 10.1. The van der Waals surface area contributed by atoms with E-state index in [4.69, 9.17) is 0 Å². The van der Waals surface area contributed by atoms with E-state index in [0.29, 0.717) is 11.3 Å². The molecule has 1 unspecified atom stereocenters. The molecule has 1 atom stereocenters. The molecule has 122 valence electrons. The van der Waals surface area contributed by atoms with E-state index < -0.39 is 0 Å². The Morgan fingerprint density at radius 1 is 1.21 bits per heavy atom. The van der Waals surface area contributed by atoms with Crippen LogP contribution in [0.25, 0.3) is 0 Å². The predicted molar refractivity (Wildman–Crippen MR) is 91.4 cm³/mol. The van der Waals surface area contributed by atoms with E-state index in [1.807, 2.05) is 19.1 Å². The van der Waals surface area contributed by atoms with Crippen LogP contribution >= 0.6 is 11.3 Å². The molecule has 0 spiro atoms. The summed E-state index contributed by atoms with van der Waals surface area (Å²) in [5.41, 5.74) is 1.96. The maximum absolute atomic E-state index is 12.9. The Balaban J connectivity index is 1.64. The Labute approximate surface area is 143 Å². The minimum Gasteiger partial charge on any atom is -0.345 e. The van der Waals surface area contributed by atoms with Crippen molar-refractivity contribution in [1.82, 2.24) is 15.3 Å². The molecule has 0 saturated carbocycles. The van der Waals surface area contributed by atoms with E-state index in [1.165, 1.54) is 23.5 Å². The fourth-order valence-electron chi connectivity index (χ4n) is 2.28. The van der Waals surface area contributed by atoms with Gasteiger partial charge in [0.1, 0.15) is 10.7 Å². The number of benzene rings is 1. The average molecular weight is 341 g/mol. The highest BCUT2D eigenvalue weighted by Crippen LogP contribution is 2.19. The lowest BCUT2D eigenvalue weighted by Gasteiger charge is -2.12. The summed E-state index contributed by atoms with van der Waals surface area (Å²) >= 11 is 1.35. The zero-order valence-electron chi connectivity index (χ0n) is 13.1. The number of hydrogen-bond donors (Lipinski definition) is 1. The van der Waals surface area contributed by atoms with Gasteiger partial charge in [0.05, 0.1) is 17.2 Å². The molecule has 2 heterocycles. The van der Waals surface area contributed by atoms with Crippen LogP contribution in [0.1, 0.15) is 38.8 Å². The molecule has 0 bridgehead atoms.